The van der Waals surface area contributed by atoms with Gasteiger partial charge in [0.25, 0.3) is 0 Å². The zero-order chi connectivity index (χ0) is 16.0. The van der Waals surface area contributed by atoms with Crippen molar-refractivity contribution in [3.8, 4) is 0 Å². The van der Waals surface area contributed by atoms with Gasteiger partial charge in [-0.3, -0.25) is 4.79 Å². The van der Waals surface area contributed by atoms with Crippen LogP contribution in [0.5, 0.6) is 0 Å². The molecule has 1 aromatic carbocycles. The molecule has 0 fully saturated rings. The Morgan fingerprint density at radius 3 is 2.87 bits per heavy atom. The van der Waals surface area contributed by atoms with Crippen molar-refractivity contribution in [1.82, 2.24) is 4.98 Å². The number of aryl methyl sites for hydroxylation is 1. The number of primary amides is 1. The number of carbonyl (C=O) groups excluding carboxylic acids is 1. The zero-order valence-corrected chi connectivity index (χ0v) is 14.0. The molecule has 2 heterocycles. The largest absolute Gasteiger partial charge is 0.369 e. The third kappa shape index (κ3) is 2.38. The predicted octanol–water partition coefficient (Wildman–Crippen LogP) is 4.23. The summed E-state index contributed by atoms with van der Waals surface area (Å²) in [6.45, 7) is 2.17. The molecule has 2 aromatic heterocycles. The number of hydrogen-bond donors (Lipinski definition) is 2. The number of carbonyl (C=O) groups is 1. The first kappa shape index (κ1) is 14.5. The smallest absolute Gasteiger partial charge is 0.225 e. The van der Waals surface area contributed by atoms with E-state index in [1.807, 2.05) is 23.5 Å². The van der Waals surface area contributed by atoms with Gasteiger partial charge >= 0.3 is 0 Å². The standard InChI is InChI=1S/C19H20N2OS/c1-11-8-9-23-16(11)10-12-6-7-14(19(20)22)17-13-4-2-3-5-15(13)21-18(12)17/h2-5,8-9,12,14,21H,6-7,10H2,1H3,(H2,20,22). The Morgan fingerprint density at radius 1 is 1.30 bits per heavy atom. The molecular formula is C19H20N2OS. The number of benzene rings is 1. The Morgan fingerprint density at radius 2 is 2.13 bits per heavy atom. The Labute approximate surface area is 139 Å². The Bertz CT molecular complexity index is 877. The van der Waals surface area contributed by atoms with Crippen LogP contribution in [0, 0.1) is 6.92 Å². The van der Waals surface area contributed by atoms with E-state index in [-0.39, 0.29) is 11.8 Å². The number of hydrogen-bond acceptors (Lipinski definition) is 2. The number of aromatic nitrogens is 1. The minimum absolute atomic E-state index is 0.165. The summed E-state index contributed by atoms with van der Waals surface area (Å²) in [5.74, 6) is 0.0638. The van der Waals surface area contributed by atoms with Gasteiger partial charge in [-0.25, -0.2) is 0 Å². The molecule has 1 amide bonds. The lowest BCUT2D eigenvalue weighted by atomic mass is 9.77. The quantitative estimate of drug-likeness (QED) is 0.744. The summed E-state index contributed by atoms with van der Waals surface area (Å²) in [4.78, 5) is 17.0. The average Bonchev–Trinajstić information content (AvgIpc) is 3.12. The van der Waals surface area contributed by atoms with Crippen molar-refractivity contribution in [3.63, 3.8) is 0 Å². The van der Waals surface area contributed by atoms with Crippen LogP contribution in [0.4, 0.5) is 0 Å². The molecule has 118 valence electrons. The van der Waals surface area contributed by atoms with Crippen molar-refractivity contribution < 1.29 is 4.79 Å². The number of H-pyrrole nitrogens is 1. The molecule has 1 aliphatic rings. The fourth-order valence-electron chi connectivity index (χ4n) is 3.86. The van der Waals surface area contributed by atoms with E-state index in [1.54, 1.807) is 0 Å². The number of aromatic amines is 1. The maximum Gasteiger partial charge on any atom is 0.225 e. The fraction of sp³-hybridized carbons (Fsp3) is 0.316. The third-order valence-electron chi connectivity index (χ3n) is 5.08. The SMILES string of the molecule is Cc1ccsc1CC1CCC(C(N)=O)c2c1[nH]c1ccccc21. The van der Waals surface area contributed by atoms with Gasteiger partial charge in [0.2, 0.25) is 5.91 Å². The van der Waals surface area contributed by atoms with E-state index >= 15 is 0 Å². The van der Waals surface area contributed by atoms with Gasteiger partial charge in [0.1, 0.15) is 0 Å². The molecule has 23 heavy (non-hydrogen) atoms. The van der Waals surface area contributed by atoms with Crippen LogP contribution in [0.2, 0.25) is 0 Å². The molecule has 3 N–H and O–H groups in total. The van der Waals surface area contributed by atoms with Gasteiger partial charge < -0.3 is 10.7 Å². The van der Waals surface area contributed by atoms with Crippen LogP contribution < -0.4 is 5.73 Å². The Hall–Kier alpha value is -2.07. The second-order valence-electron chi connectivity index (χ2n) is 6.46. The first-order valence-electron chi connectivity index (χ1n) is 8.08. The summed E-state index contributed by atoms with van der Waals surface area (Å²) in [5.41, 5.74) is 10.5. The van der Waals surface area contributed by atoms with Crippen LogP contribution in [-0.4, -0.2) is 10.9 Å². The van der Waals surface area contributed by atoms with Crippen LogP contribution >= 0.6 is 11.3 Å². The number of para-hydroxylation sites is 1. The number of thiophene rings is 1. The minimum atomic E-state index is -0.207. The zero-order valence-electron chi connectivity index (χ0n) is 13.1. The summed E-state index contributed by atoms with van der Waals surface area (Å²) >= 11 is 1.83. The van der Waals surface area contributed by atoms with Gasteiger partial charge in [-0.05, 0) is 54.8 Å². The lowest BCUT2D eigenvalue weighted by Gasteiger charge is -2.27. The predicted molar refractivity (Wildman–Crippen MR) is 95.0 cm³/mol. The highest BCUT2D eigenvalue weighted by Gasteiger charge is 2.34. The fourth-order valence-corrected chi connectivity index (χ4v) is 4.85. The van der Waals surface area contributed by atoms with Crippen molar-refractivity contribution in [1.29, 1.82) is 0 Å². The first-order valence-corrected chi connectivity index (χ1v) is 8.96. The summed E-state index contributed by atoms with van der Waals surface area (Å²) in [6.07, 6.45) is 2.89. The average molecular weight is 324 g/mol. The molecule has 0 saturated carbocycles. The minimum Gasteiger partial charge on any atom is -0.369 e. The van der Waals surface area contributed by atoms with Crippen LogP contribution in [0.25, 0.3) is 10.9 Å². The molecule has 3 aromatic rings. The second-order valence-corrected chi connectivity index (χ2v) is 7.46. The Kier molecular flexibility index (Phi) is 3.49. The molecule has 1 aliphatic carbocycles. The topological polar surface area (TPSA) is 58.9 Å². The number of nitrogens with two attached hydrogens (primary N) is 1. The van der Waals surface area contributed by atoms with E-state index in [1.165, 1.54) is 16.1 Å². The molecule has 0 aliphatic heterocycles. The van der Waals surface area contributed by atoms with E-state index in [4.69, 9.17) is 5.73 Å². The Balaban J connectivity index is 1.82. The molecule has 3 nitrogen and oxygen atoms in total. The van der Waals surface area contributed by atoms with Crippen molar-refractivity contribution in [2.45, 2.75) is 38.0 Å². The summed E-state index contributed by atoms with van der Waals surface area (Å²) < 4.78 is 0. The van der Waals surface area contributed by atoms with Crippen molar-refractivity contribution in [2.24, 2.45) is 5.73 Å². The van der Waals surface area contributed by atoms with E-state index in [0.717, 1.165) is 35.7 Å². The van der Waals surface area contributed by atoms with Crippen LogP contribution in [0.1, 0.15) is 46.4 Å². The van der Waals surface area contributed by atoms with Crippen molar-refractivity contribution >= 4 is 28.1 Å². The first-order chi connectivity index (χ1) is 11.1. The highest BCUT2D eigenvalue weighted by molar-refractivity contribution is 7.10. The van der Waals surface area contributed by atoms with E-state index in [9.17, 15) is 4.79 Å². The lowest BCUT2D eigenvalue weighted by Crippen LogP contribution is -2.26. The number of nitrogens with one attached hydrogen (secondary N) is 1. The normalized spacial score (nSPS) is 20.6. The van der Waals surface area contributed by atoms with Crippen molar-refractivity contribution in [3.05, 3.63) is 57.4 Å². The van der Waals surface area contributed by atoms with Gasteiger partial charge in [-0.2, -0.15) is 0 Å². The highest BCUT2D eigenvalue weighted by Crippen LogP contribution is 2.44. The van der Waals surface area contributed by atoms with E-state index in [0.29, 0.717) is 5.92 Å². The number of rotatable bonds is 3. The molecule has 0 bridgehead atoms. The lowest BCUT2D eigenvalue weighted by molar-refractivity contribution is -0.119. The maximum atomic E-state index is 11.9. The van der Waals surface area contributed by atoms with Crippen molar-refractivity contribution in [2.75, 3.05) is 0 Å². The van der Waals surface area contributed by atoms with E-state index in [2.05, 4.69) is 35.5 Å². The van der Waals surface area contributed by atoms with Crippen LogP contribution in [0.15, 0.2) is 35.7 Å². The maximum absolute atomic E-state index is 11.9. The summed E-state index contributed by atoms with van der Waals surface area (Å²) in [5, 5.41) is 3.31. The molecule has 0 spiro atoms. The van der Waals surface area contributed by atoms with Crippen LogP contribution in [-0.2, 0) is 11.2 Å². The van der Waals surface area contributed by atoms with Gasteiger partial charge in [-0.1, -0.05) is 18.2 Å². The third-order valence-corrected chi connectivity index (χ3v) is 6.13. The molecule has 2 atom stereocenters. The molecular weight excluding hydrogens is 304 g/mol. The summed E-state index contributed by atoms with van der Waals surface area (Å²) in [7, 11) is 0. The van der Waals surface area contributed by atoms with Gasteiger partial charge in [0.15, 0.2) is 0 Å². The van der Waals surface area contributed by atoms with Gasteiger partial charge in [0, 0.05) is 27.4 Å². The number of fused-ring (bicyclic) bond motifs is 3. The monoisotopic (exact) mass is 324 g/mol. The van der Waals surface area contributed by atoms with E-state index < -0.39 is 0 Å². The second kappa shape index (κ2) is 5.53. The van der Waals surface area contributed by atoms with Gasteiger partial charge in [0.05, 0.1) is 5.92 Å². The molecule has 0 radical (unpaired) electrons. The van der Waals surface area contributed by atoms with Gasteiger partial charge in [-0.15, -0.1) is 11.3 Å². The van der Waals surface area contributed by atoms with Crippen LogP contribution in [0.3, 0.4) is 0 Å². The summed E-state index contributed by atoms with van der Waals surface area (Å²) in [6, 6.07) is 10.4. The molecule has 2 unspecified atom stereocenters. The number of amides is 1. The highest BCUT2D eigenvalue weighted by atomic mass is 32.1. The molecule has 4 rings (SSSR count). The molecule has 4 heteroatoms. The molecule has 0 saturated heterocycles.